The standard InChI is InChI=1S/C14H19NO/c1-5-9(2)12-7-11-8-15(4)14(16)13(11)6-10(12)3/h6-7,9H,5,8H2,1-4H3. The van der Waals surface area contributed by atoms with Crippen LogP contribution in [0.5, 0.6) is 0 Å². The Hall–Kier alpha value is -1.31. The first-order valence-electron chi connectivity index (χ1n) is 5.93. The molecule has 0 radical (unpaired) electrons. The van der Waals surface area contributed by atoms with Crippen LogP contribution in [0.2, 0.25) is 0 Å². The number of hydrogen-bond donors (Lipinski definition) is 0. The smallest absolute Gasteiger partial charge is 0.254 e. The molecule has 1 heterocycles. The van der Waals surface area contributed by atoms with E-state index < -0.39 is 0 Å². The molecule has 0 N–H and O–H groups in total. The Balaban J connectivity index is 2.48. The second-order valence-corrected chi connectivity index (χ2v) is 4.84. The van der Waals surface area contributed by atoms with Crippen molar-refractivity contribution in [1.29, 1.82) is 0 Å². The quantitative estimate of drug-likeness (QED) is 0.745. The molecule has 0 saturated carbocycles. The Morgan fingerprint density at radius 1 is 1.44 bits per heavy atom. The highest BCUT2D eigenvalue weighted by Crippen LogP contribution is 2.29. The third kappa shape index (κ3) is 1.62. The molecule has 1 aromatic carbocycles. The summed E-state index contributed by atoms with van der Waals surface area (Å²) < 4.78 is 0. The summed E-state index contributed by atoms with van der Waals surface area (Å²) in [6.07, 6.45) is 1.14. The minimum Gasteiger partial charge on any atom is -0.337 e. The molecule has 1 aliphatic rings. The summed E-state index contributed by atoms with van der Waals surface area (Å²) >= 11 is 0. The third-order valence-electron chi connectivity index (χ3n) is 3.62. The van der Waals surface area contributed by atoms with Crippen molar-refractivity contribution in [3.05, 3.63) is 34.4 Å². The summed E-state index contributed by atoms with van der Waals surface area (Å²) in [7, 11) is 1.86. The third-order valence-corrected chi connectivity index (χ3v) is 3.62. The zero-order valence-electron chi connectivity index (χ0n) is 10.5. The fourth-order valence-corrected chi connectivity index (χ4v) is 2.39. The van der Waals surface area contributed by atoms with E-state index in [0.717, 1.165) is 18.5 Å². The zero-order valence-corrected chi connectivity index (χ0v) is 10.5. The minimum atomic E-state index is 0.161. The van der Waals surface area contributed by atoms with Crippen LogP contribution >= 0.6 is 0 Å². The number of fused-ring (bicyclic) bond motifs is 1. The van der Waals surface area contributed by atoms with Crippen LogP contribution < -0.4 is 0 Å². The highest BCUT2D eigenvalue weighted by atomic mass is 16.2. The van der Waals surface area contributed by atoms with Gasteiger partial charge in [-0.2, -0.15) is 0 Å². The number of carbonyl (C=O) groups excluding carboxylic acids is 1. The lowest BCUT2D eigenvalue weighted by Gasteiger charge is -2.13. The summed E-state index contributed by atoms with van der Waals surface area (Å²) in [6, 6.07) is 4.28. The van der Waals surface area contributed by atoms with E-state index in [4.69, 9.17) is 0 Å². The van der Waals surface area contributed by atoms with Crippen LogP contribution in [0.3, 0.4) is 0 Å². The van der Waals surface area contributed by atoms with E-state index in [1.54, 1.807) is 4.90 Å². The molecule has 0 fully saturated rings. The fraction of sp³-hybridized carbons (Fsp3) is 0.500. The van der Waals surface area contributed by atoms with Crippen molar-refractivity contribution in [1.82, 2.24) is 4.90 Å². The predicted molar refractivity (Wildman–Crippen MR) is 65.7 cm³/mol. The van der Waals surface area contributed by atoms with E-state index in [2.05, 4.69) is 32.9 Å². The van der Waals surface area contributed by atoms with Gasteiger partial charge in [-0.25, -0.2) is 0 Å². The number of hydrogen-bond acceptors (Lipinski definition) is 1. The van der Waals surface area contributed by atoms with Gasteiger partial charge < -0.3 is 4.90 Å². The lowest BCUT2D eigenvalue weighted by Crippen LogP contribution is -2.17. The van der Waals surface area contributed by atoms with Gasteiger partial charge in [0.15, 0.2) is 0 Å². The number of carbonyl (C=O) groups is 1. The molecule has 1 unspecified atom stereocenters. The lowest BCUT2D eigenvalue weighted by molar-refractivity contribution is 0.0816. The molecule has 0 saturated heterocycles. The first-order valence-corrected chi connectivity index (χ1v) is 5.93. The van der Waals surface area contributed by atoms with E-state index >= 15 is 0 Å². The van der Waals surface area contributed by atoms with E-state index in [1.165, 1.54) is 16.7 Å². The predicted octanol–water partition coefficient (Wildman–Crippen LogP) is 3.09. The molecule has 86 valence electrons. The van der Waals surface area contributed by atoms with E-state index in [-0.39, 0.29) is 5.91 Å². The number of rotatable bonds is 2. The number of amides is 1. The van der Waals surface area contributed by atoms with Crippen molar-refractivity contribution in [3.63, 3.8) is 0 Å². The van der Waals surface area contributed by atoms with Crippen LogP contribution in [0, 0.1) is 6.92 Å². The van der Waals surface area contributed by atoms with E-state index in [1.807, 2.05) is 7.05 Å². The summed E-state index contributed by atoms with van der Waals surface area (Å²) in [5, 5.41) is 0. The average molecular weight is 217 g/mol. The Labute approximate surface area is 97.3 Å². The first-order chi connectivity index (χ1) is 7.54. The van der Waals surface area contributed by atoms with Gasteiger partial charge in [0.2, 0.25) is 0 Å². The molecule has 1 amide bonds. The number of aryl methyl sites for hydroxylation is 1. The van der Waals surface area contributed by atoms with Crippen LogP contribution in [0.4, 0.5) is 0 Å². The molecule has 0 aromatic heterocycles. The van der Waals surface area contributed by atoms with Crippen molar-refractivity contribution in [2.75, 3.05) is 7.05 Å². The van der Waals surface area contributed by atoms with Gasteiger partial charge in [0.25, 0.3) is 5.91 Å². The Morgan fingerprint density at radius 3 is 2.75 bits per heavy atom. The van der Waals surface area contributed by atoms with Gasteiger partial charge in [0, 0.05) is 19.2 Å². The number of benzene rings is 1. The maximum atomic E-state index is 11.8. The van der Waals surface area contributed by atoms with Gasteiger partial charge in [0.1, 0.15) is 0 Å². The molecule has 0 bridgehead atoms. The monoisotopic (exact) mass is 217 g/mol. The average Bonchev–Trinajstić information content (AvgIpc) is 2.53. The highest BCUT2D eigenvalue weighted by molar-refractivity contribution is 5.98. The summed E-state index contributed by atoms with van der Waals surface area (Å²) in [5.41, 5.74) is 4.72. The summed E-state index contributed by atoms with van der Waals surface area (Å²) in [6.45, 7) is 7.31. The SMILES string of the molecule is CCC(C)c1cc2c(cc1C)C(=O)N(C)C2. The van der Waals surface area contributed by atoms with Gasteiger partial charge >= 0.3 is 0 Å². The molecular weight excluding hydrogens is 198 g/mol. The Bertz CT molecular complexity index is 437. The molecule has 1 aliphatic heterocycles. The molecule has 0 aliphatic carbocycles. The Morgan fingerprint density at radius 2 is 2.12 bits per heavy atom. The van der Waals surface area contributed by atoms with E-state index in [0.29, 0.717) is 5.92 Å². The topological polar surface area (TPSA) is 20.3 Å². The first kappa shape index (κ1) is 11.2. The summed E-state index contributed by atoms with van der Waals surface area (Å²) in [4.78, 5) is 13.6. The van der Waals surface area contributed by atoms with Crippen LogP contribution in [-0.2, 0) is 6.54 Å². The number of nitrogens with zero attached hydrogens (tertiary/aromatic N) is 1. The van der Waals surface area contributed by atoms with Crippen LogP contribution in [0.25, 0.3) is 0 Å². The second kappa shape index (κ2) is 3.93. The highest BCUT2D eigenvalue weighted by Gasteiger charge is 2.25. The molecule has 1 atom stereocenters. The van der Waals surface area contributed by atoms with Gasteiger partial charge in [-0.3, -0.25) is 4.79 Å². The van der Waals surface area contributed by atoms with E-state index in [9.17, 15) is 4.79 Å². The van der Waals surface area contributed by atoms with Crippen LogP contribution in [0.15, 0.2) is 12.1 Å². The van der Waals surface area contributed by atoms with Gasteiger partial charge in [0.05, 0.1) is 0 Å². The van der Waals surface area contributed by atoms with Crippen LogP contribution in [0.1, 0.15) is 53.2 Å². The van der Waals surface area contributed by atoms with Crippen molar-refractivity contribution < 1.29 is 4.79 Å². The maximum absolute atomic E-state index is 11.8. The molecular formula is C14H19NO. The van der Waals surface area contributed by atoms with Crippen molar-refractivity contribution >= 4 is 5.91 Å². The molecule has 2 heteroatoms. The molecule has 2 rings (SSSR count). The Kier molecular flexibility index (Phi) is 2.75. The lowest BCUT2D eigenvalue weighted by atomic mass is 9.91. The normalized spacial score (nSPS) is 16.5. The molecule has 1 aromatic rings. The van der Waals surface area contributed by atoms with Crippen molar-refractivity contribution in [2.45, 2.75) is 39.7 Å². The minimum absolute atomic E-state index is 0.161. The van der Waals surface area contributed by atoms with Gasteiger partial charge in [-0.05, 0) is 42.0 Å². The summed E-state index contributed by atoms with van der Waals surface area (Å²) in [5.74, 6) is 0.736. The van der Waals surface area contributed by atoms with Gasteiger partial charge in [-0.15, -0.1) is 0 Å². The largest absolute Gasteiger partial charge is 0.337 e. The van der Waals surface area contributed by atoms with Gasteiger partial charge in [-0.1, -0.05) is 19.9 Å². The fourth-order valence-electron chi connectivity index (χ4n) is 2.39. The van der Waals surface area contributed by atoms with Crippen molar-refractivity contribution in [2.24, 2.45) is 0 Å². The maximum Gasteiger partial charge on any atom is 0.254 e. The van der Waals surface area contributed by atoms with Crippen molar-refractivity contribution in [3.8, 4) is 0 Å². The zero-order chi connectivity index (χ0) is 11.9. The molecule has 0 spiro atoms. The van der Waals surface area contributed by atoms with Crippen LogP contribution in [-0.4, -0.2) is 17.9 Å². The molecule has 2 nitrogen and oxygen atoms in total. The molecule has 16 heavy (non-hydrogen) atoms. The second-order valence-electron chi connectivity index (χ2n) is 4.84.